The fraction of sp³-hybridized carbons (Fsp3) is 0.286. The van der Waals surface area contributed by atoms with Crippen molar-refractivity contribution < 1.29 is 19.1 Å². The number of halogens is 2. The Morgan fingerprint density at radius 2 is 1.81 bits per heavy atom. The second kappa shape index (κ2) is 8.89. The summed E-state index contributed by atoms with van der Waals surface area (Å²) in [4.78, 5) is 23.5. The number of carbonyl (C=O) groups excluding carboxylic acids is 2. The highest BCUT2D eigenvalue weighted by Crippen LogP contribution is 2.22. The molecule has 0 saturated heterocycles. The van der Waals surface area contributed by atoms with Gasteiger partial charge in [-0.1, -0.05) is 11.6 Å². The minimum atomic E-state index is -0.736. The van der Waals surface area contributed by atoms with Crippen molar-refractivity contribution >= 4 is 51.8 Å². The molecule has 0 saturated carbocycles. The summed E-state index contributed by atoms with van der Waals surface area (Å²) in [7, 11) is 0. The molecule has 0 amide bonds. The maximum absolute atomic E-state index is 11.7. The number of rotatable bonds is 6. The number of hydrogen-bond acceptors (Lipinski definition) is 5. The van der Waals surface area contributed by atoms with E-state index in [9.17, 15) is 9.59 Å². The maximum atomic E-state index is 11.7. The molecule has 7 heteroatoms. The third-order valence-electron chi connectivity index (χ3n) is 2.29. The number of anilines is 1. The van der Waals surface area contributed by atoms with Crippen molar-refractivity contribution in [2.24, 2.45) is 0 Å². The van der Waals surface area contributed by atoms with Crippen molar-refractivity contribution in [1.82, 2.24) is 0 Å². The number of ether oxygens (including phenoxy) is 2. The van der Waals surface area contributed by atoms with Crippen LogP contribution in [0.1, 0.15) is 13.8 Å². The molecule has 0 atom stereocenters. The minimum Gasteiger partial charge on any atom is -0.462 e. The molecule has 0 aliphatic carbocycles. The van der Waals surface area contributed by atoms with Crippen molar-refractivity contribution in [3.8, 4) is 0 Å². The topological polar surface area (TPSA) is 64.6 Å². The Balaban J connectivity index is 2.93. The maximum Gasteiger partial charge on any atom is 0.347 e. The van der Waals surface area contributed by atoms with Gasteiger partial charge in [0.05, 0.1) is 18.2 Å². The van der Waals surface area contributed by atoms with E-state index in [2.05, 4.69) is 27.9 Å². The molecule has 0 heterocycles. The third-order valence-corrected chi connectivity index (χ3v) is 3.87. The smallest absolute Gasteiger partial charge is 0.347 e. The normalized spacial score (nSPS) is 9.71. The molecule has 0 aliphatic rings. The molecule has 1 N–H and O–H groups in total. The largest absolute Gasteiger partial charge is 0.462 e. The van der Waals surface area contributed by atoms with Gasteiger partial charge < -0.3 is 14.8 Å². The first-order chi connectivity index (χ1) is 9.99. The summed E-state index contributed by atoms with van der Waals surface area (Å²) in [6.07, 6.45) is 1.26. The molecule has 0 aromatic heterocycles. The van der Waals surface area contributed by atoms with Gasteiger partial charge in [0, 0.05) is 15.5 Å². The average molecular weight is 424 g/mol. The van der Waals surface area contributed by atoms with Crippen LogP contribution in [0.25, 0.3) is 0 Å². The standard InChI is InChI=1S/C14H15ClINO4/c1-3-20-13(18)10(14(19)21-4-2)8-17-9-5-6-12(16)11(15)7-9/h5-8,17H,3-4H2,1-2H3. The molecular formula is C14H15ClINO4. The summed E-state index contributed by atoms with van der Waals surface area (Å²) in [6.45, 7) is 3.66. The zero-order chi connectivity index (χ0) is 15.8. The molecule has 114 valence electrons. The quantitative estimate of drug-likeness (QED) is 0.250. The van der Waals surface area contributed by atoms with Crippen LogP contribution in [-0.2, 0) is 19.1 Å². The number of nitrogens with one attached hydrogen (secondary N) is 1. The summed E-state index contributed by atoms with van der Waals surface area (Å²) in [5.41, 5.74) is 0.444. The summed E-state index contributed by atoms with van der Waals surface area (Å²) >= 11 is 8.10. The second-order valence-corrected chi connectivity index (χ2v) is 5.34. The molecule has 1 aromatic rings. The summed E-state index contributed by atoms with van der Waals surface area (Å²) in [6, 6.07) is 5.28. The Hall–Kier alpha value is -1.28. The van der Waals surface area contributed by atoms with E-state index in [1.165, 1.54) is 6.20 Å². The molecule has 0 radical (unpaired) electrons. The Morgan fingerprint density at radius 1 is 1.24 bits per heavy atom. The highest BCUT2D eigenvalue weighted by molar-refractivity contribution is 14.1. The lowest BCUT2D eigenvalue weighted by Gasteiger charge is -2.08. The fourth-order valence-electron chi connectivity index (χ4n) is 1.36. The van der Waals surface area contributed by atoms with Gasteiger partial charge >= 0.3 is 11.9 Å². The lowest BCUT2D eigenvalue weighted by atomic mass is 10.2. The van der Waals surface area contributed by atoms with E-state index in [0.717, 1.165) is 3.57 Å². The molecule has 0 unspecified atom stereocenters. The van der Waals surface area contributed by atoms with Gasteiger partial charge in [0.2, 0.25) is 0 Å². The highest BCUT2D eigenvalue weighted by atomic mass is 127. The Bertz CT molecular complexity index is 540. The van der Waals surface area contributed by atoms with Crippen LogP contribution in [0.3, 0.4) is 0 Å². The monoisotopic (exact) mass is 423 g/mol. The summed E-state index contributed by atoms with van der Waals surface area (Å²) < 4.78 is 10.6. The summed E-state index contributed by atoms with van der Waals surface area (Å²) in [5.74, 6) is -1.47. The van der Waals surface area contributed by atoms with Gasteiger partial charge in [-0.15, -0.1) is 0 Å². The Labute approximate surface area is 141 Å². The van der Waals surface area contributed by atoms with Crippen LogP contribution in [0.4, 0.5) is 5.69 Å². The zero-order valence-electron chi connectivity index (χ0n) is 11.6. The van der Waals surface area contributed by atoms with Crippen LogP contribution >= 0.6 is 34.2 Å². The van der Waals surface area contributed by atoms with E-state index in [4.69, 9.17) is 21.1 Å². The van der Waals surface area contributed by atoms with Gasteiger partial charge in [-0.2, -0.15) is 0 Å². The van der Waals surface area contributed by atoms with Gasteiger partial charge in [0.15, 0.2) is 5.57 Å². The van der Waals surface area contributed by atoms with Crippen molar-refractivity contribution in [3.63, 3.8) is 0 Å². The lowest BCUT2D eigenvalue weighted by molar-refractivity contribution is -0.146. The van der Waals surface area contributed by atoms with E-state index in [-0.39, 0.29) is 18.8 Å². The van der Waals surface area contributed by atoms with Crippen LogP contribution in [0.5, 0.6) is 0 Å². The Kier molecular flexibility index (Phi) is 7.52. The number of carbonyl (C=O) groups is 2. The van der Waals surface area contributed by atoms with Gasteiger partial charge in [-0.05, 0) is 54.6 Å². The molecule has 0 spiro atoms. The number of hydrogen-bond donors (Lipinski definition) is 1. The third kappa shape index (κ3) is 5.55. The molecule has 1 aromatic carbocycles. The lowest BCUT2D eigenvalue weighted by Crippen LogP contribution is -2.19. The zero-order valence-corrected chi connectivity index (χ0v) is 14.5. The first kappa shape index (κ1) is 17.8. The molecule has 0 bridgehead atoms. The average Bonchev–Trinajstić information content (AvgIpc) is 2.43. The molecule has 21 heavy (non-hydrogen) atoms. The summed E-state index contributed by atoms with van der Waals surface area (Å²) in [5, 5.41) is 3.41. The van der Waals surface area contributed by atoms with Crippen LogP contribution in [-0.4, -0.2) is 25.2 Å². The van der Waals surface area contributed by atoms with Crippen molar-refractivity contribution in [3.05, 3.63) is 38.6 Å². The minimum absolute atomic E-state index is 0.172. The highest BCUT2D eigenvalue weighted by Gasteiger charge is 2.20. The van der Waals surface area contributed by atoms with Crippen LogP contribution in [0, 0.1) is 3.57 Å². The molecule has 0 fully saturated rings. The molecule has 1 rings (SSSR count). The second-order valence-electron chi connectivity index (χ2n) is 3.77. The van der Waals surface area contributed by atoms with E-state index in [1.54, 1.807) is 26.0 Å². The SMILES string of the molecule is CCOC(=O)C(=CNc1ccc(I)c(Cl)c1)C(=O)OCC. The predicted molar refractivity (Wildman–Crippen MR) is 89.1 cm³/mol. The van der Waals surface area contributed by atoms with Crippen LogP contribution in [0.15, 0.2) is 30.0 Å². The molecular weight excluding hydrogens is 409 g/mol. The van der Waals surface area contributed by atoms with Gasteiger partial charge in [0.25, 0.3) is 0 Å². The van der Waals surface area contributed by atoms with Gasteiger partial charge in [-0.25, -0.2) is 9.59 Å². The van der Waals surface area contributed by atoms with E-state index in [1.807, 2.05) is 6.07 Å². The molecule has 0 aliphatic heterocycles. The van der Waals surface area contributed by atoms with Crippen molar-refractivity contribution in [2.75, 3.05) is 18.5 Å². The molecule has 5 nitrogen and oxygen atoms in total. The van der Waals surface area contributed by atoms with Crippen LogP contribution < -0.4 is 5.32 Å². The number of benzene rings is 1. The van der Waals surface area contributed by atoms with Crippen LogP contribution in [0.2, 0.25) is 5.02 Å². The van der Waals surface area contributed by atoms with Gasteiger partial charge in [0.1, 0.15) is 0 Å². The van der Waals surface area contributed by atoms with Crippen molar-refractivity contribution in [1.29, 1.82) is 0 Å². The fourth-order valence-corrected chi connectivity index (χ4v) is 1.88. The predicted octanol–water partition coefficient (Wildman–Crippen LogP) is 3.37. The first-order valence-electron chi connectivity index (χ1n) is 6.25. The van der Waals surface area contributed by atoms with E-state index < -0.39 is 11.9 Å². The first-order valence-corrected chi connectivity index (χ1v) is 7.71. The van der Waals surface area contributed by atoms with Crippen molar-refractivity contribution in [2.45, 2.75) is 13.8 Å². The Morgan fingerprint density at radius 3 is 2.29 bits per heavy atom. The van der Waals surface area contributed by atoms with E-state index in [0.29, 0.717) is 10.7 Å². The van der Waals surface area contributed by atoms with E-state index >= 15 is 0 Å². The number of esters is 2. The van der Waals surface area contributed by atoms with Gasteiger partial charge in [-0.3, -0.25) is 0 Å².